The third-order valence-corrected chi connectivity index (χ3v) is 4.59. The highest BCUT2D eigenvalue weighted by Crippen LogP contribution is 2.16. The number of rotatable bonds is 7. The summed E-state index contributed by atoms with van der Waals surface area (Å²) in [6, 6.07) is 6.76. The van der Waals surface area contributed by atoms with Gasteiger partial charge in [-0.25, -0.2) is 8.42 Å². The number of hydrogen-bond donors (Lipinski definition) is 2. The molecule has 2 N–H and O–H groups in total. The van der Waals surface area contributed by atoms with Gasteiger partial charge in [-0.1, -0.05) is 13.8 Å². The quantitative estimate of drug-likeness (QED) is 0.795. The molecule has 5 heteroatoms. The smallest absolute Gasteiger partial charge is 0.178 e. The molecule has 0 spiro atoms. The van der Waals surface area contributed by atoms with Crippen LogP contribution in [-0.2, 0) is 9.84 Å². The molecule has 1 aromatic carbocycles. The summed E-state index contributed by atoms with van der Waals surface area (Å²) in [6.07, 6.45) is 0.621. The van der Waals surface area contributed by atoms with Crippen LogP contribution in [0, 0.1) is 5.92 Å². The highest BCUT2D eigenvalue weighted by atomic mass is 32.2. The highest BCUT2D eigenvalue weighted by molar-refractivity contribution is 7.91. The summed E-state index contributed by atoms with van der Waals surface area (Å²) in [7, 11) is -3.13. The van der Waals surface area contributed by atoms with Crippen molar-refractivity contribution in [2.75, 3.05) is 24.2 Å². The van der Waals surface area contributed by atoms with Crippen LogP contribution in [0.1, 0.15) is 20.3 Å². The number of benzene rings is 1. The summed E-state index contributed by atoms with van der Waals surface area (Å²) in [4.78, 5) is 0.366. The molecule has 0 amide bonds. The van der Waals surface area contributed by atoms with E-state index in [1.165, 1.54) is 0 Å². The van der Waals surface area contributed by atoms with Gasteiger partial charge in [0.25, 0.3) is 0 Å². The van der Waals surface area contributed by atoms with Gasteiger partial charge in [-0.3, -0.25) is 0 Å². The molecule has 0 aliphatic rings. The van der Waals surface area contributed by atoms with Crippen molar-refractivity contribution >= 4 is 15.5 Å². The molecule has 0 bridgehead atoms. The van der Waals surface area contributed by atoms with Gasteiger partial charge in [0.1, 0.15) is 0 Å². The van der Waals surface area contributed by atoms with Crippen LogP contribution in [0.3, 0.4) is 0 Å². The van der Waals surface area contributed by atoms with Crippen molar-refractivity contribution in [3.8, 4) is 0 Å². The number of anilines is 1. The van der Waals surface area contributed by atoms with Crippen molar-refractivity contribution in [3.05, 3.63) is 24.3 Å². The van der Waals surface area contributed by atoms with Crippen LogP contribution in [0.4, 0.5) is 5.69 Å². The lowest BCUT2D eigenvalue weighted by atomic mass is 10.2. The molecule has 0 saturated carbocycles. The van der Waals surface area contributed by atoms with Crippen molar-refractivity contribution in [3.63, 3.8) is 0 Å². The summed E-state index contributed by atoms with van der Waals surface area (Å²) >= 11 is 0. The zero-order valence-electron chi connectivity index (χ0n) is 10.9. The number of hydrogen-bond acceptors (Lipinski definition) is 4. The van der Waals surface area contributed by atoms with E-state index < -0.39 is 9.84 Å². The van der Waals surface area contributed by atoms with E-state index in [1.54, 1.807) is 24.3 Å². The van der Waals surface area contributed by atoms with Gasteiger partial charge < -0.3 is 10.4 Å². The first-order valence-electron chi connectivity index (χ1n) is 6.17. The number of sulfone groups is 1. The zero-order chi connectivity index (χ0) is 13.6. The molecule has 1 unspecified atom stereocenters. The summed E-state index contributed by atoms with van der Waals surface area (Å²) in [5.74, 6) is 0.356. The van der Waals surface area contributed by atoms with Crippen molar-refractivity contribution in [2.45, 2.75) is 25.2 Å². The van der Waals surface area contributed by atoms with E-state index in [2.05, 4.69) is 5.32 Å². The number of aliphatic hydroxyl groups is 1. The molecular weight excluding hydrogens is 250 g/mol. The summed E-state index contributed by atoms with van der Waals surface area (Å²) in [5.41, 5.74) is 0.866. The molecule has 1 atom stereocenters. The van der Waals surface area contributed by atoms with Gasteiger partial charge in [-0.15, -0.1) is 0 Å². The molecule has 0 saturated heterocycles. The van der Waals surface area contributed by atoms with Gasteiger partial charge in [0.05, 0.1) is 10.6 Å². The maximum absolute atomic E-state index is 11.8. The van der Waals surface area contributed by atoms with Gasteiger partial charge in [0, 0.05) is 18.8 Å². The van der Waals surface area contributed by atoms with Crippen LogP contribution in [0.5, 0.6) is 0 Å². The van der Waals surface area contributed by atoms with Crippen LogP contribution in [0.2, 0.25) is 0 Å². The second-order valence-electron chi connectivity index (χ2n) is 4.51. The third-order valence-electron chi connectivity index (χ3n) is 2.65. The Bertz CT molecular complexity index is 454. The van der Waals surface area contributed by atoms with Gasteiger partial charge in [0.2, 0.25) is 0 Å². The predicted octanol–water partition coefficient (Wildman–Crippen LogP) is 1.91. The van der Waals surface area contributed by atoms with Crippen LogP contribution in [0.15, 0.2) is 29.2 Å². The van der Waals surface area contributed by atoms with Crippen LogP contribution >= 0.6 is 0 Å². The fraction of sp³-hybridized carbons (Fsp3) is 0.538. The predicted molar refractivity (Wildman–Crippen MR) is 73.5 cm³/mol. The normalized spacial score (nSPS) is 13.3. The Kier molecular flexibility index (Phi) is 5.62. The molecule has 102 valence electrons. The molecule has 0 radical (unpaired) electrons. The zero-order valence-corrected chi connectivity index (χ0v) is 11.7. The van der Waals surface area contributed by atoms with Crippen molar-refractivity contribution < 1.29 is 13.5 Å². The van der Waals surface area contributed by atoms with Crippen LogP contribution in [-0.4, -0.2) is 32.4 Å². The van der Waals surface area contributed by atoms with E-state index in [9.17, 15) is 8.42 Å². The largest absolute Gasteiger partial charge is 0.396 e. The minimum atomic E-state index is -3.13. The Balaban J connectivity index is 2.68. The Morgan fingerprint density at radius 1 is 1.28 bits per heavy atom. The van der Waals surface area contributed by atoms with Gasteiger partial charge in [-0.05, 0) is 36.6 Å². The molecular formula is C13H21NO3S. The Morgan fingerprint density at radius 2 is 1.89 bits per heavy atom. The monoisotopic (exact) mass is 271 g/mol. The fourth-order valence-electron chi connectivity index (χ4n) is 1.52. The Hall–Kier alpha value is -1.07. The second-order valence-corrected chi connectivity index (χ2v) is 6.62. The molecule has 0 heterocycles. The Morgan fingerprint density at radius 3 is 2.39 bits per heavy atom. The van der Waals surface area contributed by atoms with E-state index in [0.717, 1.165) is 5.69 Å². The lowest BCUT2D eigenvalue weighted by molar-refractivity contribution is 0.244. The van der Waals surface area contributed by atoms with Crippen molar-refractivity contribution in [1.82, 2.24) is 0 Å². The molecule has 18 heavy (non-hydrogen) atoms. The summed E-state index contributed by atoms with van der Waals surface area (Å²) < 4.78 is 23.6. The van der Waals surface area contributed by atoms with Gasteiger partial charge in [0.15, 0.2) is 9.84 Å². The number of aliphatic hydroxyl groups excluding tert-OH is 1. The van der Waals surface area contributed by atoms with Crippen LogP contribution in [0.25, 0.3) is 0 Å². The van der Waals surface area contributed by atoms with E-state index in [0.29, 0.717) is 17.9 Å². The van der Waals surface area contributed by atoms with E-state index >= 15 is 0 Å². The molecule has 1 rings (SSSR count). The standard InChI is InChI=1S/C13H21NO3S/c1-3-8-18(16,17)13-6-4-12(5-7-13)14-9-11(2)10-15/h4-7,11,14-15H,3,8-10H2,1-2H3. The molecule has 0 aliphatic carbocycles. The van der Waals surface area contributed by atoms with E-state index in [-0.39, 0.29) is 18.3 Å². The molecule has 4 nitrogen and oxygen atoms in total. The maximum Gasteiger partial charge on any atom is 0.178 e. The first kappa shape index (κ1) is 15.0. The lowest BCUT2D eigenvalue weighted by Crippen LogP contribution is -2.14. The molecule has 1 aromatic rings. The number of nitrogens with one attached hydrogen (secondary N) is 1. The fourth-order valence-corrected chi connectivity index (χ4v) is 2.85. The lowest BCUT2D eigenvalue weighted by Gasteiger charge is -2.11. The minimum Gasteiger partial charge on any atom is -0.396 e. The average Bonchev–Trinajstić information content (AvgIpc) is 2.36. The first-order valence-corrected chi connectivity index (χ1v) is 7.82. The SMILES string of the molecule is CCCS(=O)(=O)c1ccc(NCC(C)CO)cc1. The third kappa shape index (κ3) is 4.31. The van der Waals surface area contributed by atoms with Gasteiger partial charge in [-0.2, -0.15) is 0 Å². The average molecular weight is 271 g/mol. The first-order chi connectivity index (χ1) is 8.49. The van der Waals surface area contributed by atoms with E-state index in [1.807, 2.05) is 13.8 Å². The molecule has 0 aromatic heterocycles. The molecule has 0 aliphatic heterocycles. The Labute approximate surface area is 109 Å². The minimum absolute atomic E-state index is 0.135. The maximum atomic E-state index is 11.8. The topological polar surface area (TPSA) is 66.4 Å². The molecule has 0 fully saturated rings. The van der Waals surface area contributed by atoms with Crippen molar-refractivity contribution in [2.24, 2.45) is 5.92 Å². The van der Waals surface area contributed by atoms with E-state index in [4.69, 9.17) is 5.11 Å². The van der Waals surface area contributed by atoms with Crippen molar-refractivity contribution in [1.29, 1.82) is 0 Å². The van der Waals surface area contributed by atoms with Gasteiger partial charge >= 0.3 is 0 Å². The summed E-state index contributed by atoms with van der Waals surface area (Å²) in [6.45, 7) is 4.59. The second kappa shape index (κ2) is 6.75. The highest BCUT2D eigenvalue weighted by Gasteiger charge is 2.12. The summed E-state index contributed by atoms with van der Waals surface area (Å²) in [5, 5.41) is 12.1. The van der Waals surface area contributed by atoms with Crippen LogP contribution < -0.4 is 5.32 Å².